The van der Waals surface area contributed by atoms with Crippen molar-refractivity contribution in [3.63, 3.8) is 0 Å². The highest BCUT2D eigenvalue weighted by molar-refractivity contribution is 7.46. The molecule has 0 aromatic heterocycles. The molecule has 0 rings (SSSR count). The van der Waals surface area contributed by atoms with E-state index in [9.17, 15) is 19.3 Å². The Kier molecular flexibility index (Phi) is 30.4. The third-order valence-electron chi connectivity index (χ3n) is 7.75. The second-order valence-corrected chi connectivity index (χ2v) is 13.5. The van der Waals surface area contributed by atoms with Crippen LogP contribution in [0.25, 0.3) is 0 Å². The second kappa shape index (κ2) is 31.9. The molecule has 3 N–H and O–H groups in total. The summed E-state index contributed by atoms with van der Waals surface area (Å²) >= 11 is 0. The number of hydrogen-bond acceptors (Lipinski definition) is 7. The average molecular weight is 697 g/mol. The molecule has 0 radical (unpaired) electrons. The predicted molar refractivity (Wildman–Crippen MR) is 194 cm³/mol. The van der Waals surface area contributed by atoms with Gasteiger partial charge in [-0.25, -0.2) is 4.57 Å². The summed E-state index contributed by atoms with van der Waals surface area (Å²) in [6, 6.07) is 0. The van der Waals surface area contributed by atoms with Gasteiger partial charge in [0.15, 0.2) is 6.10 Å². The lowest BCUT2D eigenvalue weighted by atomic mass is 9.99. The molecule has 48 heavy (non-hydrogen) atoms. The van der Waals surface area contributed by atoms with Gasteiger partial charge in [0.1, 0.15) is 6.61 Å². The molecule has 9 nitrogen and oxygen atoms in total. The quantitative estimate of drug-likeness (QED) is 0.0213. The average Bonchev–Trinajstić information content (AvgIpc) is 3.05. The minimum absolute atomic E-state index is 0.173. The smallest absolute Gasteiger partial charge is 0.462 e. The molecule has 0 aliphatic heterocycles. The van der Waals surface area contributed by atoms with Crippen LogP contribution in [0, 0.1) is 5.92 Å². The number of esters is 2. The van der Waals surface area contributed by atoms with Gasteiger partial charge in [0.2, 0.25) is 0 Å². The summed E-state index contributed by atoms with van der Waals surface area (Å²) < 4.78 is 26.2. The fourth-order valence-corrected chi connectivity index (χ4v) is 4.87. The third kappa shape index (κ3) is 33.6. The Balaban J connectivity index is 4.14. The van der Waals surface area contributed by atoms with E-state index in [4.69, 9.17) is 19.3 Å². The lowest BCUT2D eigenvalue weighted by Gasteiger charge is -2.18. The number of aliphatic hydroxyl groups is 1. The van der Waals surface area contributed by atoms with Crippen molar-refractivity contribution in [2.45, 2.75) is 149 Å². The van der Waals surface area contributed by atoms with E-state index in [1.54, 1.807) is 6.08 Å². The highest BCUT2D eigenvalue weighted by Gasteiger charge is 2.22. The van der Waals surface area contributed by atoms with Gasteiger partial charge in [-0.1, -0.05) is 139 Å². The van der Waals surface area contributed by atoms with Gasteiger partial charge in [0, 0.05) is 12.8 Å². The van der Waals surface area contributed by atoms with Crippen molar-refractivity contribution < 1.29 is 43.0 Å². The van der Waals surface area contributed by atoms with Crippen LogP contribution >= 0.6 is 7.82 Å². The van der Waals surface area contributed by atoms with Crippen molar-refractivity contribution >= 4 is 19.8 Å². The Hall–Kier alpha value is -2.29. The van der Waals surface area contributed by atoms with Crippen molar-refractivity contribution in [3.05, 3.63) is 60.8 Å². The van der Waals surface area contributed by atoms with E-state index in [0.29, 0.717) is 25.7 Å². The van der Waals surface area contributed by atoms with Crippen molar-refractivity contribution in [3.8, 4) is 0 Å². The van der Waals surface area contributed by atoms with Gasteiger partial charge >= 0.3 is 19.8 Å². The molecule has 3 atom stereocenters. The van der Waals surface area contributed by atoms with Crippen LogP contribution in [-0.4, -0.2) is 52.3 Å². The highest BCUT2D eigenvalue weighted by atomic mass is 31.2. The molecule has 0 saturated carbocycles. The lowest BCUT2D eigenvalue weighted by Crippen LogP contribution is -2.29. The van der Waals surface area contributed by atoms with Crippen molar-refractivity contribution in [1.29, 1.82) is 0 Å². The molecule has 0 aliphatic rings. The molecule has 0 heterocycles. The first-order chi connectivity index (χ1) is 23.1. The summed E-state index contributed by atoms with van der Waals surface area (Å²) in [7, 11) is -4.77. The molecule has 0 aromatic carbocycles. The van der Waals surface area contributed by atoms with E-state index in [1.165, 1.54) is 38.5 Å². The zero-order chi connectivity index (χ0) is 35.7. The van der Waals surface area contributed by atoms with Gasteiger partial charge < -0.3 is 24.4 Å². The number of allylic oxidation sites excluding steroid dienone is 9. The monoisotopic (exact) mass is 696 g/mol. The Bertz CT molecular complexity index is 996. The first-order valence-electron chi connectivity index (χ1n) is 18.1. The molecule has 1 unspecified atom stereocenters. The van der Waals surface area contributed by atoms with Gasteiger partial charge in [-0.3, -0.25) is 14.1 Å². The highest BCUT2D eigenvalue weighted by Crippen LogP contribution is 2.36. The number of hydrogen-bond donors (Lipinski definition) is 3. The minimum atomic E-state index is -4.77. The van der Waals surface area contributed by atoms with Crippen molar-refractivity contribution in [2.24, 2.45) is 5.92 Å². The fraction of sp³-hybridized carbons (Fsp3) is 0.684. The minimum Gasteiger partial charge on any atom is -0.462 e. The fourth-order valence-electron chi connectivity index (χ4n) is 4.51. The maximum Gasteiger partial charge on any atom is 0.469 e. The van der Waals surface area contributed by atoms with Crippen LogP contribution in [-0.2, 0) is 28.2 Å². The van der Waals surface area contributed by atoms with Crippen LogP contribution in [0.1, 0.15) is 136 Å². The number of ether oxygens (including phenoxy) is 2. The van der Waals surface area contributed by atoms with Crippen LogP contribution in [0.15, 0.2) is 60.8 Å². The van der Waals surface area contributed by atoms with Crippen molar-refractivity contribution in [1.82, 2.24) is 0 Å². The molecular formula is C38H65O9P. The number of phosphoric acid groups is 1. The number of aliphatic hydroxyl groups excluding tert-OH is 1. The van der Waals surface area contributed by atoms with E-state index >= 15 is 0 Å². The second-order valence-electron chi connectivity index (χ2n) is 12.3. The molecule has 0 fully saturated rings. The van der Waals surface area contributed by atoms with E-state index in [1.807, 2.05) is 37.3 Å². The summed E-state index contributed by atoms with van der Waals surface area (Å²) in [4.78, 5) is 42.6. The van der Waals surface area contributed by atoms with Gasteiger partial charge in [-0.15, -0.1) is 0 Å². The van der Waals surface area contributed by atoms with Gasteiger partial charge in [0.25, 0.3) is 0 Å². The Morgan fingerprint density at radius 3 is 1.85 bits per heavy atom. The Morgan fingerprint density at radius 1 is 0.688 bits per heavy atom. The summed E-state index contributed by atoms with van der Waals surface area (Å²) in [5, 5.41) is 9.44. The van der Waals surface area contributed by atoms with E-state index < -0.39 is 32.5 Å². The molecule has 276 valence electrons. The molecule has 10 heteroatoms. The van der Waals surface area contributed by atoms with Crippen LogP contribution in [0.5, 0.6) is 0 Å². The molecule has 0 aliphatic carbocycles. The maximum absolute atomic E-state index is 12.3. The number of phosphoric ester groups is 1. The standard InChI is InChI=1S/C38H65O9P/c1-4-34(3)28-24-20-16-14-15-19-23-27-31-38(41)47-36(33-46-48(42,43)44)32-45-37(40)30-26-22-18-13-11-9-7-6-8-10-12-17-21-25-29-35(39)5-2/h7-10,13,17-18,21,25,29,34-36,39H,4-6,11-12,14-16,19-20,22-24,26-28,30-33H2,1-3H3,(H2,42,43,44)/b9-7-,10-8-,18-13-,21-17-,29-25+/t34?,35-,36+/m0/s1. The Labute approximate surface area is 290 Å². The lowest BCUT2D eigenvalue weighted by molar-refractivity contribution is -0.161. The first-order valence-corrected chi connectivity index (χ1v) is 19.6. The SMILES string of the molecule is CCC(C)CCCCCCCCCCC(=O)O[C@H](COC(=O)CCC/C=C\C/C=C\C/C=C\C/C=C\C=C\[C@@H](O)CC)COP(=O)(O)O. The zero-order valence-corrected chi connectivity index (χ0v) is 30.8. The molecule has 0 spiro atoms. The van der Waals surface area contributed by atoms with Crippen LogP contribution in [0.4, 0.5) is 0 Å². The van der Waals surface area contributed by atoms with Crippen LogP contribution in [0.2, 0.25) is 0 Å². The number of unbranched alkanes of at least 4 members (excludes halogenated alkanes) is 8. The van der Waals surface area contributed by atoms with E-state index in [-0.39, 0.29) is 25.6 Å². The number of rotatable bonds is 31. The summed E-state index contributed by atoms with van der Waals surface area (Å²) in [5.74, 6) is -0.168. The maximum atomic E-state index is 12.3. The molecule has 0 amide bonds. The molecule has 0 aromatic rings. The topological polar surface area (TPSA) is 140 Å². The van der Waals surface area contributed by atoms with Crippen molar-refractivity contribution in [2.75, 3.05) is 13.2 Å². The summed E-state index contributed by atoms with van der Waals surface area (Å²) in [6.07, 6.45) is 34.8. The third-order valence-corrected chi connectivity index (χ3v) is 8.23. The van der Waals surface area contributed by atoms with Gasteiger partial charge in [-0.05, 0) is 50.9 Å². The largest absolute Gasteiger partial charge is 0.469 e. The van der Waals surface area contributed by atoms with Crippen LogP contribution in [0.3, 0.4) is 0 Å². The number of carbonyl (C=O) groups is 2. The van der Waals surface area contributed by atoms with Gasteiger partial charge in [-0.2, -0.15) is 0 Å². The summed E-state index contributed by atoms with van der Waals surface area (Å²) in [5.41, 5.74) is 0. The molecular weight excluding hydrogens is 631 g/mol. The first kappa shape index (κ1) is 45.7. The summed E-state index contributed by atoms with van der Waals surface area (Å²) in [6.45, 7) is 5.59. The van der Waals surface area contributed by atoms with E-state index in [0.717, 1.165) is 44.4 Å². The predicted octanol–water partition coefficient (Wildman–Crippen LogP) is 9.39. The Morgan fingerprint density at radius 2 is 1.25 bits per heavy atom. The van der Waals surface area contributed by atoms with E-state index in [2.05, 4.69) is 42.7 Å². The molecule has 0 bridgehead atoms. The number of carbonyl (C=O) groups excluding carboxylic acids is 2. The normalized spacial score (nSPS) is 14.5. The van der Waals surface area contributed by atoms with Crippen LogP contribution < -0.4 is 0 Å². The zero-order valence-electron chi connectivity index (χ0n) is 29.9. The van der Waals surface area contributed by atoms with Gasteiger partial charge in [0.05, 0.1) is 12.7 Å². The molecule has 0 saturated heterocycles.